The molecule has 1 atom stereocenters. The monoisotopic (exact) mass is 329 g/mol. The van der Waals surface area contributed by atoms with Gasteiger partial charge in [0.2, 0.25) is 10.0 Å². The van der Waals surface area contributed by atoms with Gasteiger partial charge in [-0.15, -0.1) is 11.3 Å². The van der Waals surface area contributed by atoms with Crippen LogP contribution in [0.2, 0.25) is 0 Å². The van der Waals surface area contributed by atoms with Crippen molar-refractivity contribution in [3.8, 4) is 0 Å². The molecule has 0 radical (unpaired) electrons. The smallest absolute Gasteiger partial charge is 0.347 e. The number of likely N-dealkylation sites (N-methyl/N-ethyl adjacent to an activating group) is 1. The first-order chi connectivity index (χ1) is 9.75. The van der Waals surface area contributed by atoms with E-state index >= 15 is 0 Å². The molecule has 1 aromatic carbocycles. The molecule has 0 spiro atoms. The number of hydrogen-bond donors (Lipinski definition) is 2. The number of aromatic carboxylic acids is 1. The molecule has 2 aromatic rings. The van der Waals surface area contributed by atoms with Crippen LogP contribution in [-0.4, -0.2) is 48.6 Å². The number of benzene rings is 1. The van der Waals surface area contributed by atoms with E-state index in [9.17, 15) is 23.4 Å². The van der Waals surface area contributed by atoms with Gasteiger partial charge >= 0.3 is 5.97 Å². The van der Waals surface area contributed by atoms with Crippen LogP contribution in [0.1, 0.15) is 16.6 Å². The van der Waals surface area contributed by atoms with Gasteiger partial charge < -0.3 is 10.2 Å². The number of rotatable bonds is 5. The Morgan fingerprint density at radius 1 is 1.38 bits per heavy atom. The SMILES string of the molecule is CC(O)CN(C)S(=O)(=O)c1c(C(=O)O)sc2ccccc12. The van der Waals surface area contributed by atoms with Crippen molar-refractivity contribution in [3.63, 3.8) is 0 Å². The number of sulfonamides is 1. The van der Waals surface area contributed by atoms with Crippen molar-refractivity contribution in [1.29, 1.82) is 0 Å². The highest BCUT2D eigenvalue weighted by Crippen LogP contribution is 2.36. The van der Waals surface area contributed by atoms with E-state index in [1.807, 2.05) is 0 Å². The molecule has 114 valence electrons. The number of fused-ring (bicyclic) bond motifs is 1. The highest BCUT2D eigenvalue weighted by atomic mass is 32.2. The third kappa shape index (κ3) is 2.93. The molecule has 2 N–H and O–H groups in total. The van der Waals surface area contributed by atoms with E-state index in [0.29, 0.717) is 10.1 Å². The molecule has 0 bridgehead atoms. The number of carboxylic acids is 1. The van der Waals surface area contributed by atoms with Gasteiger partial charge in [0.05, 0.1) is 6.10 Å². The zero-order chi connectivity index (χ0) is 15.8. The van der Waals surface area contributed by atoms with Crippen LogP contribution in [0.3, 0.4) is 0 Å². The van der Waals surface area contributed by atoms with Crippen LogP contribution in [0, 0.1) is 0 Å². The highest BCUT2D eigenvalue weighted by Gasteiger charge is 2.31. The van der Waals surface area contributed by atoms with Gasteiger partial charge in [0, 0.05) is 23.7 Å². The second-order valence-corrected chi connectivity index (χ2v) is 7.73. The number of aliphatic hydroxyl groups excluding tert-OH is 1. The fourth-order valence-corrected chi connectivity index (χ4v) is 4.99. The van der Waals surface area contributed by atoms with E-state index in [2.05, 4.69) is 0 Å². The maximum atomic E-state index is 12.6. The summed E-state index contributed by atoms with van der Waals surface area (Å²) in [6.07, 6.45) is -0.844. The van der Waals surface area contributed by atoms with Gasteiger partial charge in [-0.05, 0) is 13.0 Å². The van der Waals surface area contributed by atoms with E-state index in [1.54, 1.807) is 24.3 Å². The lowest BCUT2D eigenvalue weighted by Crippen LogP contribution is -2.33. The van der Waals surface area contributed by atoms with Crippen molar-refractivity contribution >= 4 is 37.4 Å². The lowest BCUT2D eigenvalue weighted by Gasteiger charge is -2.18. The van der Waals surface area contributed by atoms with Gasteiger partial charge in [0.1, 0.15) is 9.77 Å². The standard InChI is InChI=1S/C13H15NO5S2/c1-8(15)7-14(2)21(18,19)12-9-5-3-4-6-10(9)20-11(12)13(16)17/h3-6,8,15H,7H2,1-2H3,(H,16,17). The predicted octanol–water partition coefficient (Wildman–Crippen LogP) is 1.60. The lowest BCUT2D eigenvalue weighted by molar-refractivity contribution is 0.0698. The minimum atomic E-state index is -3.99. The molecule has 1 heterocycles. The van der Waals surface area contributed by atoms with Crippen molar-refractivity contribution in [2.45, 2.75) is 17.9 Å². The molecular weight excluding hydrogens is 314 g/mol. The van der Waals surface area contributed by atoms with Crippen molar-refractivity contribution in [2.24, 2.45) is 0 Å². The van der Waals surface area contributed by atoms with Crippen molar-refractivity contribution in [2.75, 3.05) is 13.6 Å². The number of hydrogen-bond acceptors (Lipinski definition) is 5. The molecule has 2 rings (SSSR count). The zero-order valence-electron chi connectivity index (χ0n) is 11.5. The summed E-state index contributed by atoms with van der Waals surface area (Å²) in [6, 6.07) is 6.65. The zero-order valence-corrected chi connectivity index (χ0v) is 13.1. The van der Waals surface area contributed by atoms with Crippen LogP contribution in [0.15, 0.2) is 29.2 Å². The van der Waals surface area contributed by atoms with Crippen LogP contribution in [0.4, 0.5) is 0 Å². The minimum Gasteiger partial charge on any atom is -0.477 e. The van der Waals surface area contributed by atoms with Gasteiger partial charge in [-0.2, -0.15) is 4.31 Å². The van der Waals surface area contributed by atoms with Crippen LogP contribution < -0.4 is 0 Å². The first-order valence-electron chi connectivity index (χ1n) is 6.14. The predicted molar refractivity (Wildman–Crippen MR) is 80.3 cm³/mol. The summed E-state index contributed by atoms with van der Waals surface area (Å²) in [7, 11) is -2.67. The number of thiophene rings is 1. The second-order valence-electron chi connectivity index (χ2n) is 4.70. The summed E-state index contributed by atoms with van der Waals surface area (Å²) < 4.78 is 26.8. The largest absolute Gasteiger partial charge is 0.477 e. The fraction of sp³-hybridized carbons (Fsp3) is 0.308. The summed E-state index contributed by atoms with van der Waals surface area (Å²) in [5, 5.41) is 19.0. The van der Waals surface area contributed by atoms with E-state index in [1.165, 1.54) is 14.0 Å². The summed E-state index contributed by atoms with van der Waals surface area (Å²) in [5.74, 6) is -1.28. The van der Waals surface area contributed by atoms with Crippen molar-refractivity contribution in [1.82, 2.24) is 4.31 Å². The van der Waals surface area contributed by atoms with Crippen LogP contribution >= 0.6 is 11.3 Å². The summed E-state index contributed by atoms with van der Waals surface area (Å²) >= 11 is 0.927. The average Bonchev–Trinajstić information content (AvgIpc) is 2.77. The molecule has 0 fully saturated rings. The van der Waals surface area contributed by atoms with Gasteiger partial charge in [-0.25, -0.2) is 13.2 Å². The van der Waals surface area contributed by atoms with Crippen LogP contribution in [0.25, 0.3) is 10.1 Å². The second kappa shape index (κ2) is 5.72. The van der Waals surface area contributed by atoms with Crippen molar-refractivity contribution in [3.05, 3.63) is 29.1 Å². The summed E-state index contributed by atoms with van der Waals surface area (Å²) in [6.45, 7) is 1.36. The molecule has 0 aliphatic rings. The molecular formula is C13H15NO5S2. The normalized spacial score (nSPS) is 13.7. The Morgan fingerprint density at radius 2 is 2.00 bits per heavy atom. The summed E-state index contributed by atoms with van der Waals surface area (Å²) in [4.78, 5) is 10.9. The summed E-state index contributed by atoms with van der Waals surface area (Å²) in [5.41, 5.74) is 0. The molecule has 0 saturated carbocycles. The number of carboxylic acid groups (broad SMARTS) is 1. The van der Waals surface area contributed by atoms with Gasteiger partial charge in [-0.3, -0.25) is 0 Å². The number of carbonyl (C=O) groups is 1. The van der Waals surface area contributed by atoms with Crippen molar-refractivity contribution < 1.29 is 23.4 Å². The third-order valence-electron chi connectivity index (χ3n) is 2.93. The van der Waals surface area contributed by atoms with Crippen LogP contribution in [0.5, 0.6) is 0 Å². The van der Waals surface area contributed by atoms with Gasteiger partial charge in [-0.1, -0.05) is 18.2 Å². The molecule has 0 saturated heterocycles. The van der Waals surface area contributed by atoms with Gasteiger partial charge in [0.15, 0.2) is 0 Å². The quantitative estimate of drug-likeness (QED) is 0.869. The number of nitrogens with zero attached hydrogens (tertiary/aromatic N) is 1. The Labute approximate surface area is 126 Å². The van der Waals surface area contributed by atoms with E-state index < -0.39 is 22.1 Å². The Morgan fingerprint density at radius 3 is 2.57 bits per heavy atom. The maximum absolute atomic E-state index is 12.6. The van der Waals surface area contributed by atoms with Crippen LogP contribution in [-0.2, 0) is 10.0 Å². The molecule has 8 heteroatoms. The lowest BCUT2D eigenvalue weighted by atomic mass is 10.2. The maximum Gasteiger partial charge on any atom is 0.347 e. The van der Waals surface area contributed by atoms with E-state index in [4.69, 9.17) is 0 Å². The topological polar surface area (TPSA) is 94.9 Å². The first-order valence-corrected chi connectivity index (χ1v) is 8.40. The van der Waals surface area contributed by atoms with E-state index in [-0.39, 0.29) is 16.3 Å². The third-order valence-corrected chi connectivity index (χ3v) is 6.13. The van der Waals surface area contributed by atoms with E-state index in [0.717, 1.165) is 15.6 Å². The Balaban J connectivity index is 2.69. The first kappa shape index (κ1) is 15.9. The molecule has 0 amide bonds. The Bertz CT molecular complexity index is 779. The molecule has 1 aromatic heterocycles. The highest BCUT2D eigenvalue weighted by molar-refractivity contribution is 7.89. The molecule has 0 aliphatic carbocycles. The molecule has 6 nitrogen and oxygen atoms in total. The Kier molecular flexibility index (Phi) is 4.33. The molecule has 1 unspecified atom stereocenters. The average molecular weight is 329 g/mol. The Hall–Kier alpha value is -1.48. The number of aliphatic hydroxyl groups is 1. The van der Waals surface area contributed by atoms with Gasteiger partial charge in [0.25, 0.3) is 0 Å². The molecule has 21 heavy (non-hydrogen) atoms. The molecule has 0 aliphatic heterocycles. The minimum absolute atomic E-state index is 0.106. The fourth-order valence-electron chi connectivity index (χ4n) is 2.04.